The minimum absolute atomic E-state index is 0.776. The third-order valence-corrected chi connectivity index (χ3v) is 3.47. The number of fused-ring (bicyclic) bond motifs is 1. The highest BCUT2D eigenvalue weighted by molar-refractivity contribution is 9.10. The van der Waals surface area contributed by atoms with Crippen LogP contribution >= 0.6 is 27.3 Å². The lowest BCUT2D eigenvalue weighted by Crippen LogP contribution is -1.88. The van der Waals surface area contributed by atoms with Gasteiger partial charge in [-0.25, -0.2) is 0 Å². The Balaban J connectivity index is 2.88. The normalized spacial score (nSPS) is 10.6. The van der Waals surface area contributed by atoms with Gasteiger partial charge in [0.2, 0.25) is 0 Å². The van der Waals surface area contributed by atoms with Gasteiger partial charge in [-0.05, 0) is 28.1 Å². The van der Waals surface area contributed by atoms with E-state index in [1.807, 2.05) is 17.5 Å². The molecule has 2 aromatic rings. The Kier molecular flexibility index (Phi) is 2.17. The number of thiophene rings is 1. The highest BCUT2D eigenvalue weighted by Crippen LogP contribution is 2.40. The number of methoxy groups -OCH3 is 1. The molecule has 2 nitrogen and oxygen atoms in total. The van der Waals surface area contributed by atoms with Gasteiger partial charge in [-0.2, -0.15) is 0 Å². The van der Waals surface area contributed by atoms with Crippen molar-refractivity contribution in [3.05, 3.63) is 22.0 Å². The monoisotopic (exact) mass is 257 g/mol. The number of nitrogens with two attached hydrogens (primary N) is 1. The zero-order valence-corrected chi connectivity index (χ0v) is 9.41. The summed E-state index contributed by atoms with van der Waals surface area (Å²) in [5.74, 6) is 0.816. The summed E-state index contributed by atoms with van der Waals surface area (Å²) >= 11 is 5.05. The molecule has 0 aliphatic heterocycles. The first kappa shape index (κ1) is 8.84. The third-order valence-electron chi connectivity index (χ3n) is 1.88. The lowest BCUT2D eigenvalue weighted by Gasteiger charge is -2.04. The molecule has 0 amide bonds. The van der Waals surface area contributed by atoms with E-state index in [4.69, 9.17) is 10.5 Å². The molecule has 13 heavy (non-hydrogen) atoms. The fraction of sp³-hybridized carbons (Fsp3) is 0.111. The van der Waals surface area contributed by atoms with Crippen molar-refractivity contribution in [1.29, 1.82) is 0 Å². The zero-order chi connectivity index (χ0) is 9.42. The maximum Gasteiger partial charge on any atom is 0.143 e. The standard InChI is InChI=1S/C9H8BrNOS/c1-12-9-5(10)2-3-7-8(9)6(11)4-13-7/h2-4H,11H2,1H3. The molecular weight excluding hydrogens is 250 g/mol. The summed E-state index contributed by atoms with van der Waals surface area (Å²) < 4.78 is 7.37. The smallest absolute Gasteiger partial charge is 0.143 e. The summed E-state index contributed by atoms with van der Waals surface area (Å²) in [4.78, 5) is 0. The summed E-state index contributed by atoms with van der Waals surface area (Å²) in [6.45, 7) is 0. The van der Waals surface area contributed by atoms with Crippen LogP contribution in [0.5, 0.6) is 5.75 Å². The molecule has 0 aliphatic rings. The molecule has 2 rings (SSSR count). The van der Waals surface area contributed by atoms with Gasteiger partial charge in [-0.15, -0.1) is 11.3 Å². The number of hydrogen-bond donors (Lipinski definition) is 1. The maximum atomic E-state index is 5.83. The largest absolute Gasteiger partial charge is 0.495 e. The van der Waals surface area contributed by atoms with E-state index in [9.17, 15) is 0 Å². The number of ether oxygens (including phenoxy) is 1. The van der Waals surface area contributed by atoms with Crippen molar-refractivity contribution in [2.45, 2.75) is 0 Å². The minimum Gasteiger partial charge on any atom is -0.495 e. The molecule has 0 atom stereocenters. The van der Waals surface area contributed by atoms with Gasteiger partial charge >= 0.3 is 0 Å². The Morgan fingerprint density at radius 3 is 2.92 bits per heavy atom. The van der Waals surface area contributed by atoms with Crippen LogP contribution < -0.4 is 10.5 Å². The van der Waals surface area contributed by atoms with Gasteiger partial charge in [-0.3, -0.25) is 0 Å². The van der Waals surface area contributed by atoms with E-state index < -0.39 is 0 Å². The van der Waals surface area contributed by atoms with Crippen LogP contribution in [-0.4, -0.2) is 7.11 Å². The molecule has 0 saturated carbocycles. The Bertz CT molecular complexity index is 452. The topological polar surface area (TPSA) is 35.2 Å². The molecule has 0 fully saturated rings. The molecule has 0 bridgehead atoms. The molecular formula is C9H8BrNOS. The molecule has 1 aromatic carbocycles. The first-order valence-corrected chi connectivity index (χ1v) is 5.40. The van der Waals surface area contributed by atoms with Gasteiger partial charge in [0.05, 0.1) is 22.7 Å². The molecule has 1 heterocycles. The number of hydrogen-bond acceptors (Lipinski definition) is 3. The van der Waals surface area contributed by atoms with Gasteiger partial charge in [0.1, 0.15) is 5.75 Å². The highest BCUT2D eigenvalue weighted by atomic mass is 79.9. The number of anilines is 1. The van der Waals surface area contributed by atoms with Crippen LogP contribution in [0.15, 0.2) is 22.0 Å². The Hall–Kier alpha value is -0.740. The SMILES string of the molecule is COc1c(Br)ccc2scc(N)c12. The Morgan fingerprint density at radius 2 is 2.23 bits per heavy atom. The van der Waals surface area contributed by atoms with Crippen molar-refractivity contribution in [3.8, 4) is 5.75 Å². The summed E-state index contributed by atoms with van der Waals surface area (Å²) in [5.41, 5.74) is 6.61. The van der Waals surface area contributed by atoms with Gasteiger partial charge in [0.15, 0.2) is 0 Å². The predicted octanol–water partition coefficient (Wildman–Crippen LogP) is 3.25. The summed E-state index contributed by atoms with van der Waals surface area (Å²) in [5, 5.41) is 2.93. The van der Waals surface area contributed by atoms with E-state index in [2.05, 4.69) is 15.9 Å². The van der Waals surface area contributed by atoms with Crippen LogP contribution in [0.3, 0.4) is 0 Å². The van der Waals surface area contributed by atoms with Crippen LogP contribution in [-0.2, 0) is 0 Å². The van der Waals surface area contributed by atoms with E-state index in [0.29, 0.717) is 0 Å². The third kappa shape index (κ3) is 1.30. The molecule has 0 unspecified atom stereocenters. The van der Waals surface area contributed by atoms with Gasteiger partial charge < -0.3 is 10.5 Å². The average molecular weight is 258 g/mol. The maximum absolute atomic E-state index is 5.83. The molecule has 0 spiro atoms. The van der Waals surface area contributed by atoms with E-state index in [-0.39, 0.29) is 0 Å². The summed E-state index contributed by atoms with van der Waals surface area (Å²) in [6, 6.07) is 4.00. The molecule has 0 radical (unpaired) electrons. The molecule has 4 heteroatoms. The number of halogens is 1. The van der Waals surface area contributed by atoms with Gasteiger partial charge in [0.25, 0.3) is 0 Å². The minimum atomic E-state index is 0.776. The summed E-state index contributed by atoms with van der Waals surface area (Å²) in [6.07, 6.45) is 0. The van der Waals surface area contributed by atoms with Crippen LogP contribution in [0, 0.1) is 0 Å². The lowest BCUT2D eigenvalue weighted by molar-refractivity contribution is 0.417. The summed E-state index contributed by atoms with van der Waals surface area (Å²) in [7, 11) is 1.65. The van der Waals surface area contributed by atoms with E-state index in [0.717, 1.165) is 26.0 Å². The van der Waals surface area contributed by atoms with Crippen molar-refractivity contribution in [2.75, 3.05) is 12.8 Å². The number of rotatable bonds is 1. The van der Waals surface area contributed by atoms with Crippen molar-refractivity contribution in [1.82, 2.24) is 0 Å². The Morgan fingerprint density at radius 1 is 1.46 bits per heavy atom. The first-order chi connectivity index (χ1) is 6.24. The van der Waals surface area contributed by atoms with Crippen LogP contribution in [0.4, 0.5) is 5.69 Å². The van der Waals surface area contributed by atoms with E-state index in [1.54, 1.807) is 18.4 Å². The molecule has 1 aromatic heterocycles. The molecule has 2 N–H and O–H groups in total. The van der Waals surface area contributed by atoms with Gasteiger partial charge in [0, 0.05) is 10.1 Å². The molecule has 68 valence electrons. The molecule has 0 aliphatic carbocycles. The lowest BCUT2D eigenvalue weighted by atomic mass is 10.2. The Labute approximate surface area is 88.4 Å². The fourth-order valence-corrected chi connectivity index (χ4v) is 2.64. The van der Waals surface area contributed by atoms with Gasteiger partial charge in [-0.1, -0.05) is 0 Å². The predicted molar refractivity (Wildman–Crippen MR) is 60.5 cm³/mol. The number of benzene rings is 1. The fourth-order valence-electron chi connectivity index (χ4n) is 1.30. The van der Waals surface area contributed by atoms with Crippen molar-refractivity contribution in [2.24, 2.45) is 0 Å². The zero-order valence-electron chi connectivity index (χ0n) is 7.00. The van der Waals surface area contributed by atoms with Crippen LogP contribution in [0.25, 0.3) is 10.1 Å². The van der Waals surface area contributed by atoms with E-state index in [1.165, 1.54) is 0 Å². The van der Waals surface area contributed by atoms with Crippen LogP contribution in [0.1, 0.15) is 0 Å². The first-order valence-electron chi connectivity index (χ1n) is 3.73. The second kappa shape index (κ2) is 3.20. The van der Waals surface area contributed by atoms with Crippen molar-refractivity contribution >= 4 is 43.0 Å². The van der Waals surface area contributed by atoms with Crippen molar-refractivity contribution in [3.63, 3.8) is 0 Å². The van der Waals surface area contributed by atoms with Crippen molar-refractivity contribution < 1.29 is 4.74 Å². The van der Waals surface area contributed by atoms with Crippen LogP contribution in [0.2, 0.25) is 0 Å². The molecule has 0 saturated heterocycles. The number of nitrogen functional groups attached to an aromatic ring is 1. The second-order valence-electron chi connectivity index (χ2n) is 2.64. The second-order valence-corrected chi connectivity index (χ2v) is 4.41. The quantitative estimate of drug-likeness (QED) is 0.852. The van der Waals surface area contributed by atoms with E-state index >= 15 is 0 Å². The average Bonchev–Trinajstić information content (AvgIpc) is 2.49. The highest BCUT2D eigenvalue weighted by Gasteiger charge is 2.10.